The van der Waals surface area contributed by atoms with Crippen molar-refractivity contribution in [1.29, 1.82) is 0 Å². The highest BCUT2D eigenvalue weighted by molar-refractivity contribution is 7.46. The van der Waals surface area contributed by atoms with Crippen LogP contribution in [0.2, 0.25) is 0 Å². The van der Waals surface area contributed by atoms with Crippen molar-refractivity contribution < 1.29 is 42.6 Å². The van der Waals surface area contributed by atoms with Crippen LogP contribution in [0.3, 0.4) is 0 Å². The zero-order valence-electron chi connectivity index (χ0n) is 16.9. The van der Waals surface area contributed by atoms with Crippen LogP contribution >= 0.6 is 7.82 Å². The molecule has 27 heavy (non-hydrogen) atoms. The molecule has 0 aliphatic rings. The van der Waals surface area contributed by atoms with E-state index in [1.807, 2.05) is 0 Å². The monoisotopic (exact) mass is 421 g/mol. The molecule has 0 spiro atoms. The van der Waals surface area contributed by atoms with E-state index < -0.39 is 7.82 Å². The van der Waals surface area contributed by atoms with E-state index in [1.54, 1.807) is 7.11 Å². The topological polar surface area (TPSA) is 116 Å². The molecule has 0 atom stereocenters. The molecule has 0 bridgehead atoms. The third-order valence-corrected chi connectivity index (χ3v) is 4.22. The predicted molar refractivity (Wildman–Crippen MR) is 100 cm³/mol. The smallest absolute Gasteiger partial charge is 0.382 e. The third kappa shape index (κ3) is 20.4. The maximum absolute atomic E-state index is 10.2. The molecule has 11 heteroatoms. The van der Waals surface area contributed by atoms with Crippen molar-refractivity contribution >= 4 is 7.82 Å². The third-order valence-electron chi connectivity index (χ3n) is 4.04. The summed E-state index contributed by atoms with van der Waals surface area (Å²) in [6, 6.07) is 0. The van der Waals surface area contributed by atoms with Crippen LogP contribution in [0, 0.1) is 0 Å². The minimum absolute atomic E-state index is 0.277. The maximum Gasteiger partial charge on any atom is 0.500 e. The zero-order valence-corrected chi connectivity index (χ0v) is 17.8. The molecule has 0 aromatic heterocycles. The van der Waals surface area contributed by atoms with E-state index in [0.717, 1.165) is 32.4 Å². The summed E-state index contributed by atoms with van der Waals surface area (Å²) in [5.41, 5.74) is 0.277. The van der Waals surface area contributed by atoms with Crippen LogP contribution in [-0.2, 0) is 28.2 Å². The molecule has 166 valence electrons. The molecule has 9 nitrogen and oxygen atoms in total. The summed E-state index contributed by atoms with van der Waals surface area (Å²) >= 11 is 0. The van der Waals surface area contributed by atoms with E-state index >= 15 is 0 Å². The SMILES string of the molecule is CCC(CC)(CC)NCCOCCOCCOCCOC.O=P(O)(O)OF. The molecule has 0 radical (unpaired) electrons. The van der Waals surface area contributed by atoms with Gasteiger partial charge in [-0.15, -0.1) is 0 Å². The Morgan fingerprint density at radius 3 is 1.56 bits per heavy atom. The highest BCUT2D eigenvalue weighted by atomic mass is 31.2. The molecule has 0 fully saturated rings. The molecule has 0 aromatic rings. The lowest BCUT2D eigenvalue weighted by molar-refractivity contribution is -0.0389. The molecule has 3 N–H and O–H groups in total. The fourth-order valence-electron chi connectivity index (χ4n) is 2.20. The lowest BCUT2D eigenvalue weighted by Gasteiger charge is -2.32. The van der Waals surface area contributed by atoms with E-state index in [-0.39, 0.29) is 5.54 Å². The van der Waals surface area contributed by atoms with E-state index in [1.165, 1.54) is 0 Å². The summed E-state index contributed by atoms with van der Waals surface area (Å²) in [7, 11) is -3.15. The summed E-state index contributed by atoms with van der Waals surface area (Å²) in [6.07, 6.45) is 3.48. The Hall–Kier alpha value is -0.160. The van der Waals surface area contributed by atoms with Crippen molar-refractivity contribution in [3.05, 3.63) is 0 Å². The number of hydrogen-bond acceptors (Lipinski definition) is 7. The number of methoxy groups -OCH3 is 1. The van der Waals surface area contributed by atoms with Gasteiger partial charge in [0.15, 0.2) is 0 Å². The fourth-order valence-corrected chi connectivity index (χ4v) is 2.20. The van der Waals surface area contributed by atoms with Gasteiger partial charge in [-0.1, -0.05) is 25.5 Å². The first-order valence-corrected chi connectivity index (χ1v) is 10.7. The van der Waals surface area contributed by atoms with Gasteiger partial charge in [0, 0.05) is 19.2 Å². The summed E-state index contributed by atoms with van der Waals surface area (Å²) in [5.74, 6) is 0. The van der Waals surface area contributed by atoms with Crippen LogP contribution in [0.25, 0.3) is 0 Å². The van der Waals surface area contributed by atoms with Crippen molar-refractivity contribution in [2.24, 2.45) is 0 Å². The molecular weight excluding hydrogens is 384 g/mol. The van der Waals surface area contributed by atoms with Gasteiger partial charge < -0.3 is 34.1 Å². The molecule has 0 unspecified atom stereocenters. The van der Waals surface area contributed by atoms with E-state index in [0.29, 0.717) is 39.6 Å². The van der Waals surface area contributed by atoms with Crippen LogP contribution in [0.4, 0.5) is 4.53 Å². The molecule has 0 saturated carbocycles. The Balaban J connectivity index is 0. The van der Waals surface area contributed by atoms with Gasteiger partial charge in [-0.3, -0.25) is 0 Å². The van der Waals surface area contributed by atoms with E-state index in [4.69, 9.17) is 33.3 Å². The number of nitrogens with one attached hydrogen (secondary N) is 1. The number of phosphoric acid groups is 1. The Labute approximate surface area is 162 Å². The van der Waals surface area contributed by atoms with Crippen LogP contribution in [0.15, 0.2) is 0 Å². The quantitative estimate of drug-likeness (QED) is 0.240. The number of hydrogen-bond donors (Lipinski definition) is 3. The first kappa shape index (κ1) is 29.0. The molecule has 0 aliphatic carbocycles. The lowest BCUT2D eigenvalue weighted by Crippen LogP contribution is -2.45. The Morgan fingerprint density at radius 2 is 1.22 bits per heavy atom. The first-order chi connectivity index (χ1) is 12.8. The van der Waals surface area contributed by atoms with Gasteiger partial charge in [0.25, 0.3) is 0 Å². The Kier molecular flexibility index (Phi) is 20.6. The maximum atomic E-state index is 10.2. The van der Waals surface area contributed by atoms with Gasteiger partial charge in [0.2, 0.25) is 0 Å². The van der Waals surface area contributed by atoms with Crippen molar-refractivity contribution in [2.75, 3.05) is 59.9 Å². The van der Waals surface area contributed by atoms with Gasteiger partial charge in [-0.25, -0.2) is 4.57 Å². The largest absolute Gasteiger partial charge is 0.500 e. The second-order valence-corrected chi connectivity index (χ2v) is 6.78. The average molecular weight is 421 g/mol. The van der Waals surface area contributed by atoms with E-state index in [9.17, 15) is 4.53 Å². The van der Waals surface area contributed by atoms with Crippen molar-refractivity contribution in [2.45, 2.75) is 45.6 Å². The first-order valence-electron chi connectivity index (χ1n) is 9.13. The minimum Gasteiger partial charge on any atom is -0.382 e. The van der Waals surface area contributed by atoms with Gasteiger partial charge in [0.1, 0.15) is 0 Å². The molecule has 0 aromatic carbocycles. The lowest BCUT2D eigenvalue weighted by atomic mass is 9.90. The van der Waals surface area contributed by atoms with Crippen molar-refractivity contribution in [3.8, 4) is 0 Å². The minimum atomic E-state index is -4.81. The summed E-state index contributed by atoms with van der Waals surface area (Å²) < 4.78 is 42.6. The molecular formula is C16H37FNO8P. The van der Waals surface area contributed by atoms with Gasteiger partial charge in [0.05, 0.1) is 46.2 Å². The Morgan fingerprint density at radius 1 is 0.852 bits per heavy atom. The number of rotatable bonds is 17. The van der Waals surface area contributed by atoms with Crippen LogP contribution < -0.4 is 5.32 Å². The summed E-state index contributed by atoms with van der Waals surface area (Å²) in [4.78, 5) is 14.7. The molecule has 0 rings (SSSR count). The molecule has 0 heterocycles. The molecule has 0 aliphatic heterocycles. The van der Waals surface area contributed by atoms with Gasteiger partial charge >= 0.3 is 7.82 Å². The normalized spacial score (nSPS) is 12.0. The predicted octanol–water partition coefficient (Wildman–Crippen LogP) is 2.22. The second-order valence-electron chi connectivity index (χ2n) is 5.66. The average Bonchev–Trinajstić information content (AvgIpc) is 2.66. The highest BCUT2D eigenvalue weighted by Crippen LogP contribution is 2.35. The number of halogens is 1. The van der Waals surface area contributed by atoms with E-state index in [2.05, 4.69) is 30.8 Å². The molecule has 0 saturated heterocycles. The zero-order chi connectivity index (χ0) is 21.0. The highest BCUT2D eigenvalue weighted by Gasteiger charge is 2.22. The van der Waals surface area contributed by atoms with Crippen LogP contribution in [0.5, 0.6) is 0 Å². The van der Waals surface area contributed by atoms with Crippen LogP contribution in [0.1, 0.15) is 40.0 Å². The number of ether oxygens (including phenoxy) is 4. The van der Waals surface area contributed by atoms with Crippen molar-refractivity contribution in [3.63, 3.8) is 0 Å². The molecule has 0 amide bonds. The standard InChI is InChI=1S/C16H35NO4.FH2O4P/c1-5-16(6-2,7-3)17-8-9-19-12-13-21-15-14-20-11-10-18-4;1-5-6(2,3)4/h17H,5-15H2,1-4H3;(H2,2,3,4). The summed E-state index contributed by atoms with van der Waals surface area (Å²) in [5, 5.41) is 3.62. The van der Waals surface area contributed by atoms with Gasteiger partial charge in [-0.2, -0.15) is 0 Å². The Bertz CT molecular complexity index is 347. The fraction of sp³-hybridized carbons (Fsp3) is 1.00. The van der Waals surface area contributed by atoms with Crippen LogP contribution in [-0.4, -0.2) is 75.2 Å². The second kappa shape index (κ2) is 19.2. The van der Waals surface area contributed by atoms with Crippen molar-refractivity contribution in [1.82, 2.24) is 5.32 Å². The summed E-state index contributed by atoms with van der Waals surface area (Å²) in [6.45, 7) is 12.1. The van der Waals surface area contributed by atoms with Gasteiger partial charge in [-0.05, 0) is 23.8 Å².